The number of benzene rings is 1. The van der Waals surface area contributed by atoms with E-state index in [0.717, 1.165) is 16.9 Å². The lowest BCUT2D eigenvalue weighted by Crippen LogP contribution is -2.10. The topological polar surface area (TPSA) is 62.5 Å². The van der Waals surface area contributed by atoms with Gasteiger partial charge >= 0.3 is 0 Å². The molecule has 17 heavy (non-hydrogen) atoms. The van der Waals surface area contributed by atoms with E-state index < -0.39 is 0 Å². The number of aliphatic hydroxyl groups excluding tert-OH is 1. The van der Waals surface area contributed by atoms with Crippen LogP contribution in [0.25, 0.3) is 0 Å². The van der Waals surface area contributed by atoms with Crippen LogP contribution in [0.4, 0.5) is 0 Å². The first kappa shape index (κ1) is 13.5. The molecule has 0 atom stereocenters. The minimum absolute atomic E-state index is 0.0227. The van der Waals surface area contributed by atoms with E-state index in [1.807, 2.05) is 13.8 Å². The van der Waals surface area contributed by atoms with Gasteiger partial charge in [0.05, 0.1) is 31.5 Å². The largest absolute Gasteiger partial charge is 0.491 e. The molecule has 1 aromatic carbocycles. The minimum atomic E-state index is 0.0227. The molecule has 0 radical (unpaired) electrons. The summed E-state index contributed by atoms with van der Waals surface area (Å²) >= 11 is 0. The smallest absolute Gasteiger partial charge is 0.125 e. The molecule has 0 aliphatic heterocycles. The van der Waals surface area contributed by atoms with Crippen molar-refractivity contribution in [3.63, 3.8) is 0 Å². The molecule has 1 rings (SSSR count). The maximum Gasteiger partial charge on any atom is 0.125 e. The molecule has 0 heterocycles. The quantitative estimate of drug-likeness (QED) is 0.760. The van der Waals surface area contributed by atoms with Gasteiger partial charge in [-0.1, -0.05) is 0 Å². The van der Waals surface area contributed by atoms with Gasteiger partial charge in [-0.2, -0.15) is 5.26 Å². The normalized spacial score (nSPS) is 10.0. The Labute approximate surface area is 101 Å². The van der Waals surface area contributed by atoms with Gasteiger partial charge in [-0.05, 0) is 37.1 Å². The van der Waals surface area contributed by atoms with Gasteiger partial charge in [-0.3, -0.25) is 0 Å². The molecule has 4 heteroatoms. The highest BCUT2D eigenvalue weighted by atomic mass is 16.5. The standard InChI is InChI=1S/C13H17NO3/c1-10-7-12(9-14)8-11(2)13(10)17-6-5-16-4-3-15/h7-8,15H,3-6H2,1-2H3. The van der Waals surface area contributed by atoms with Crippen molar-refractivity contribution >= 4 is 0 Å². The number of nitrogens with zero attached hydrogens (tertiary/aromatic N) is 1. The molecule has 0 unspecified atom stereocenters. The van der Waals surface area contributed by atoms with Gasteiger partial charge in [0.2, 0.25) is 0 Å². The zero-order valence-electron chi connectivity index (χ0n) is 10.2. The van der Waals surface area contributed by atoms with E-state index in [1.54, 1.807) is 12.1 Å². The number of aryl methyl sites for hydroxylation is 2. The molecule has 0 amide bonds. The fourth-order valence-electron chi connectivity index (χ4n) is 1.61. The van der Waals surface area contributed by atoms with Crippen molar-refractivity contribution < 1.29 is 14.6 Å². The molecule has 0 aliphatic rings. The summed E-state index contributed by atoms with van der Waals surface area (Å²) in [5, 5.41) is 17.3. The molecule has 1 aromatic rings. The Bertz CT molecular complexity index is 387. The predicted octanol–water partition coefficient (Wildman–Crippen LogP) is 1.56. The lowest BCUT2D eigenvalue weighted by Gasteiger charge is -2.12. The summed E-state index contributed by atoms with van der Waals surface area (Å²) < 4.78 is 10.7. The third kappa shape index (κ3) is 4.06. The highest BCUT2D eigenvalue weighted by molar-refractivity contribution is 5.47. The number of aliphatic hydroxyl groups is 1. The number of hydrogen-bond donors (Lipinski definition) is 1. The second-order valence-corrected chi connectivity index (χ2v) is 3.74. The van der Waals surface area contributed by atoms with Crippen LogP contribution in [-0.4, -0.2) is 31.5 Å². The van der Waals surface area contributed by atoms with Crippen LogP contribution in [0.2, 0.25) is 0 Å². The molecule has 1 N–H and O–H groups in total. The van der Waals surface area contributed by atoms with Crippen molar-refractivity contribution in [2.75, 3.05) is 26.4 Å². The van der Waals surface area contributed by atoms with Crippen LogP contribution in [0, 0.1) is 25.2 Å². The summed E-state index contributed by atoms with van der Waals surface area (Å²) in [7, 11) is 0. The maximum absolute atomic E-state index is 8.82. The van der Waals surface area contributed by atoms with E-state index in [2.05, 4.69) is 6.07 Å². The minimum Gasteiger partial charge on any atom is -0.491 e. The van der Waals surface area contributed by atoms with Gasteiger partial charge in [0.1, 0.15) is 12.4 Å². The number of nitriles is 1. The Kier molecular flexibility index (Phi) is 5.47. The SMILES string of the molecule is Cc1cc(C#N)cc(C)c1OCCOCCO. The average molecular weight is 235 g/mol. The fraction of sp³-hybridized carbons (Fsp3) is 0.462. The average Bonchev–Trinajstić information content (AvgIpc) is 2.31. The Morgan fingerprint density at radius 1 is 1.18 bits per heavy atom. The number of ether oxygens (including phenoxy) is 2. The number of rotatable bonds is 6. The lowest BCUT2D eigenvalue weighted by atomic mass is 10.1. The molecule has 0 spiro atoms. The van der Waals surface area contributed by atoms with E-state index in [0.29, 0.717) is 25.4 Å². The van der Waals surface area contributed by atoms with Crippen molar-refractivity contribution in [1.82, 2.24) is 0 Å². The lowest BCUT2D eigenvalue weighted by molar-refractivity contribution is 0.0702. The van der Waals surface area contributed by atoms with Crippen molar-refractivity contribution in [2.45, 2.75) is 13.8 Å². The summed E-state index contributed by atoms with van der Waals surface area (Å²) in [6.45, 7) is 5.06. The molecular weight excluding hydrogens is 218 g/mol. The first-order valence-corrected chi connectivity index (χ1v) is 5.51. The molecule has 4 nitrogen and oxygen atoms in total. The van der Waals surface area contributed by atoms with Crippen LogP contribution in [0.15, 0.2) is 12.1 Å². The Morgan fingerprint density at radius 2 is 1.82 bits per heavy atom. The summed E-state index contributed by atoms with van der Waals surface area (Å²) in [4.78, 5) is 0. The molecule has 92 valence electrons. The van der Waals surface area contributed by atoms with Crippen molar-refractivity contribution in [3.8, 4) is 11.8 Å². The first-order valence-electron chi connectivity index (χ1n) is 5.51. The van der Waals surface area contributed by atoms with Crippen LogP contribution in [-0.2, 0) is 4.74 Å². The molecule has 0 saturated carbocycles. The highest BCUT2D eigenvalue weighted by Crippen LogP contribution is 2.24. The Hall–Kier alpha value is -1.57. The van der Waals surface area contributed by atoms with Gasteiger partial charge in [0.15, 0.2) is 0 Å². The van der Waals surface area contributed by atoms with Crippen molar-refractivity contribution in [2.24, 2.45) is 0 Å². The van der Waals surface area contributed by atoms with Gasteiger partial charge in [0, 0.05) is 0 Å². The highest BCUT2D eigenvalue weighted by Gasteiger charge is 2.06. The molecule has 0 fully saturated rings. The van der Waals surface area contributed by atoms with E-state index in [9.17, 15) is 0 Å². The van der Waals surface area contributed by atoms with E-state index in [1.165, 1.54) is 0 Å². The third-order valence-corrected chi connectivity index (χ3v) is 2.30. The van der Waals surface area contributed by atoms with Crippen LogP contribution < -0.4 is 4.74 Å². The zero-order chi connectivity index (χ0) is 12.7. The second-order valence-electron chi connectivity index (χ2n) is 3.74. The van der Waals surface area contributed by atoms with Crippen LogP contribution in [0.3, 0.4) is 0 Å². The van der Waals surface area contributed by atoms with E-state index in [4.69, 9.17) is 19.8 Å². The van der Waals surface area contributed by atoms with Gasteiger partial charge in [0.25, 0.3) is 0 Å². The summed E-state index contributed by atoms with van der Waals surface area (Å²) in [5.74, 6) is 0.802. The fourth-order valence-corrected chi connectivity index (χ4v) is 1.61. The van der Waals surface area contributed by atoms with Crippen molar-refractivity contribution in [3.05, 3.63) is 28.8 Å². The Balaban J connectivity index is 2.57. The van der Waals surface area contributed by atoms with Gasteiger partial charge < -0.3 is 14.6 Å². The van der Waals surface area contributed by atoms with E-state index >= 15 is 0 Å². The predicted molar refractivity (Wildman–Crippen MR) is 64.0 cm³/mol. The molecular formula is C13H17NO3. The zero-order valence-corrected chi connectivity index (χ0v) is 10.2. The molecule has 0 bridgehead atoms. The van der Waals surface area contributed by atoms with Crippen LogP contribution in [0.1, 0.15) is 16.7 Å². The van der Waals surface area contributed by atoms with E-state index in [-0.39, 0.29) is 6.61 Å². The molecule has 0 aromatic heterocycles. The monoisotopic (exact) mass is 235 g/mol. The summed E-state index contributed by atoms with van der Waals surface area (Å²) in [5.41, 5.74) is 2.54. The molecule has 0 saturated heterocycles. The summed E-state index contributed by atoms with van der Waals surface area (Å²) in [6, 6.07) is 5.72. The first-order chi connectivity index (χ1) is 8.19. The van der Waals surface area contributed by atoms with Gasteiger partial charge in [-0.15, -0.1) is 0 Å². The third-order valence-electron chi connectivity index (χ3n) is 2.30. The summed E-state index contributed by atoms with van der Waals surface area (Å²) in [6.07, 6.45) is 0. The second kappa shape index (κ2) is 6.89. The number of hydrogen-bond acceptors (Lipinski definition) is 4. The molecule has 0 aliphatic carbocycles. The van der Waals surface area contributed by atoms with Crippen LogP contribution >= 0.6 is 0 Å². The van der Waals surface area contributed by atoms with Gasteiger partial charge in [-0.25, -0.2) is 0 Å². The van der Waals surface area contributed by atoms with Crippen molar-refractivity contribution in [1.29, 1.82) is 5.26 Å². The Morgan fingerprint density at radius 3 is 2.35 bits per heavy atom. The van der Waals surface area contributed by atoms with Crippen LogP contribution in [0.5, 0.6) is 5.75 Å². The maximum atomic E-state index is 8.82.